The maximum absolute atomic E-state index is 12.5. The molecule has 2 aliphatic rings. The molecule has 6 heteroatoms. The van der Waals surface area contributed by atoms with Crippen LogP contribution in [0, 0.1) is 5.92 Å². The molecule has 3 amide bonds. The number of nitrogens with zero attached hydrogens (tertiary/aromatic N) is 1. The van der Waals surface area contributed by atoms with Crippen molar-refractivity contribution >= 4 is 17.7 Å². The largest absolute Gasteiger partial charge is 0.352 e. The number of nitrogens with one attached hydrogen (secondary N) is 2. The summed E-state index contributed by atoms with van der Waals surface area (Å²) in [5.41, 5.74) is 1.17. The van der Waals surface area contributed by atoms with Crippen LogP contribution in [0.5, 0.6) is 0 Å². The molecule has 1 atom stereocenters. The van der Waals surface area contributed by atoms with Crippen molar-refractivity contribution < 1.29 is 14.4 Å². The van der Waals surface area contributed by atoms with Gasteiger partial charge in [0.2, 0.25) is 0 Å². The molecule has 1 fully saturated rings. The standard InChI is InChI=1S/C19H25N3O3/c1-2-3-9-22-18(24)15-7-6-14(10-16(15)19(22)25)17(23)21-12-13-5-4-8-20-11-13/h6-7,10,13,20H,2-5,8-9,11-12H2,1H3,(H,21,23). The number of hydrogen-bond donors (Lipinski definition) is 2. The van der Waals surface area contributed by atoms with Gasteiger partial charge in [-0.1, -0.05) is 13.3 Å². The van der Waals surface area contributed by atoms with Gasteiger partial charge < -0.3 is 10.6 Å². The zero-order valence-electron chi connectivity index (χ0n) is 14.6. The highest BCUT2D eigenvalue weighted by molar-refractivity contribution is 6.22. The number of hydrogen-bond acceptors (Lipinski definition) is 4. The summed E-state index contributed by atoms with van der Waals surface area (Å²) >= 11 is 0. The lowest BCUT2D eigenvalue weighted by atomic mass is 9.99. The van der Waals surface area contributed by atoms with Crippen LogP contribution in [0.25, 0.3) is 0 Å². The average Bonchev–Trinajstić information content (AvgIpc) is 2.89. The van der Waals surface area contributed by atoms with Gasteiger partial charge in [-0.2, -0.15) is 0 Å². The summed E-state index contributed by atoms with van der Waals surface area (Å²) in [5.74, 6) is -0.297. The first kappa shape index (κ1) is 17.6. The van der Waals surface area contributed by atoms with Gasteiger partial charge >= 0.3 is 0 Å². The van der Waals surface area contributed by atoms with Crippen molar-refractivity contribution in [3.63, 3.8) is 0 Å². The van der Waals surface area contributed by atoms with Gasteiger partial charge in [-0.15, -0.1) is 0 Å². The van der Waals surface area contributed by atoms with E-state index in [-0.39, 0.29) is 17.7 Å². The van der Waals surface area contributed by atoms with Gasteiger partial charge in [0.25, 0.3) is 17.7 Å². The first-order chi connectivity index (χ1) is 12.1. The summed E-state index contributed by atoms with van der Waals surface area (Å²) in [4.78, 5) is 38.5. The Morgan fingerprint density at radius 3 is 2.80 bits per heavy atom. The number of piperidine rings is 1. The minimum Gasteiger partial charge on any atom is -0.352 e. The van der Waals surface area contributed by atoms with E-state index in [4.69, 9.17) is 0 Å². The number of unbranched alkanes of at least 4 members (excludes halogenated alkanes) is 1. The fraction of sp³-hybridized carbons (Fsp3) is 0.526. The fourth-order valence-corrected chi connectivity index (χ4v) is 3.39. The van der Waals surface area contributed by atoms with Crippen molar-refractivity contribution in [1.82, 2.24) is 15.5 Å². The number of benzene rings is 1. The van der Waals surface area contributed by atoms with Crippen LogP contribution in [0.4, 0.5) is 0 Å². The summed E-state index contributed by atoms with van der Waals surface area (Å²) in [6.07, 6.45) is 3.94. The lowest BCUT2D eigenvalue weighted by Gasteiger charge is -2.22. The number of amides is 3. The lowest BCUT2D eigenvalue weighted by molar-refractivity contribution is 0.0652. The van der Waals surface area contributed by atoms with Crippen LogP contribution in [0.2, 0.25) is 0 Å². The van der Waals surface area contributed by atoms with Crippen LogP contribution in [-0.4, -0.2) is 48.8 Å². The van der Waals surface area contributed by atoms with Crippen LogP contribution in [-0.2, 0) is 0 Å². The van der Waals surface area contributed by atoms with Gasteiger partial charge in [-0.3, -0.25) is 19.3 Å². The molecule has 0 saturated carbocycles. The van der Waals surface area contributed by atoms with E-state index in [9.17, 15) is 14.4 Å². The zero-order chi connectivity index (χ0) is 17.8. The van der Waals surface area contributed by atoms with Gasteiger partial charge in [0, 0.05) is 18.7 Å². The van der Waals surface area contributed by atoms with Crippen LogP contribution in [0.15, 0.2) is 18.2 Å². The molecule has 6 nitrogen and oxygen atoms in total. The predicted octanol–water partition coefficient (Wildman–Crippen LogP) is 1.81. The molecule has 1 aromatic rings. The molecular formula is C19H25N3O3. The summed E-state index contributed by atoms with van der Waals surface area (Å²) in [7, 11) is 0. The van der Waals surface area contributed by atoms with Crippen molar-refractivity contribution in [1.29, 1.82) is 0 Å². The number of imide groups is 1. The molecule has 25 heavy (non-hydrogen) atoms. The highest BCUT2D eigenvalue weighted by Crippen LogP contribution is 2.24. The van der Waals surface area contributed by atoms with E-state index in [1.54, 1.807) is 18.2 Å². The van der Waals surface area contributed by atoms with Crippen molar-refractivity contribution in [2.75, 3.05) is 26.2 Å². The molecule has 1 saturated heterocycles. The number of fused-ring (bicyclic) bond motifs is 1. The zero-order valence-corrected chi connectivity index (χ0v) is 14.6. The van der Waals surface area contributed by atoms with Gasteiger partial charge in [-0.05, 0) is 56.5 Å². The maximum atomic E-state index is 12.5. The maximum Gasteiger partial charge on any atom is 0.261 e. The fourth-order valence-electron chi connectivity index (χ4n) is 3.39. The summed E-state index contributed by atoms with van der Waals surface area (Å²) in [6.45, 7) is 5.03. The van der Waals surface area contributed by atoms with Crippen molar-refractivity contribution in [3.05, 3.63) is 34.9 Å². The van der Waals surface area contributed by atoms with E-state index in [0.29, 0.717) is 35.7 Å². The average molecular weight is 343 g/mol. The molecule has 134 valence electrons. The third-order valence-corrected chi connectivity index (χ3v) is 4.92. The van der Waals surface area contributed by atoms with Gasteiger partial charge in [-0.25, -0.2) is 0 Å². The predicted molar refractivity (Wildman–Crippen MR) is 94.6 cm³/mol. The molecule has 0 aliphatic carbocycles. The second kappa shape index (κ2) is 7.78. The Bertz CT molecular complexity index is 680. The third kappa shape index (κ3) is 3.74. The molecule has 2 N–H and O–H groups in total. The first-order valence-electron chi connectivity index (χ1n) is 9.11. The Labute approximate surface area is 148 Å². The third-order valence-electron chi connectivity index (χ3n) is 4.92. The highest BCUT2D eigenvalue weighted by Gasteiger charge is 2.35. The van der Waals surface area contributed by atoms with E-state index >= 15 is 0 Å². The minimum absolute atomic E-state index is 0.194. The SMILES string of the molecule is CCCCN1C(=O)c2ccc(C(=O)NCC3CCCNC3)cc2C1=O. The van der Waals surface area contributed by atoms with Crippen molar-refractivity contribution in [2.45, 2.75) is 32.6 Å². The van der Waals surface area contributed by atoms with E-state index in [1.165, 1.54) is 4.90 Å². The number of carbonyl (C=O) groups excluding carboxylic acids is 3. The smallest absolute Gasteiger partial charge is 0.261 e. The van der Waals surface area contributed by atoms with E-state index in [1.807, 2.05) is 6.92 Å². The monoisotopic (exact) mass is 343 g/mol. The lowest BCUT2D eigenvalue weighted by Crippen LogP contribution is -2.38. The molecule has 1 aromatic carbocycles. The Balaban J connectivity index is 1.67. The molecule has 1 unspecified atom stereocenters. The molecule has 0 radical (unpaired) electrons. The second-order valence-electron chi connectivity index (χ2n) is 6.80. The van der Waals surface area contributed by atoms with Gasteiger partial charge in [0.1, 0.15) is 0 Å². The summed E-state index contributed by atoms with van der Waals surface area (Å²) < 4.78 is 0. The van der Waals surface area contributed by atoms with Crippen LogP contribution >= 0.6 is 0 Å². The van der Waals surface area contributed by atoms with Gasteiger partial charge in [0.15, 0.2) is 0 Å². The van der Waals surface area contributed by atoms with Crippen LogP contribution in [0.1, 0.15) is 63.7 Å². The first-order valence-corrected chi connectivity index (χ1v) is 9.11. The van der Waals surface area contributed by atoms with Crippen LogP contribution in [0.3, 0.4) is 0 Å². The molecule has 2 heterocycles. The number of carbonyl (C=O) groups is 3. The second-order valence-corrected chi connectivity index (χ2v) is 6.80. The van der Waals surface area contributed by atoms with E-state index in [2.05, 4.69) is 10.6 Å². The Morgan fingerprint density at radius 1 is 1.28 bits per heavy atom. The van der Waals surface area contributed by atoms with Crippen molar-refractivity contribution in [2.24, 2.45) is 5.92 Å². The molecular weight excluding hydrogens is 318 g/mol. The topological polar surface area (TPSA) is 78.5 Å². The Morgan fingerprint density at radius 2 is 2.08 bits per heavy atom. The molecule has 2 aliphatic heterocycles. The van der Waals surface area contributed by atoms with Gasteiger partial charge in [0.05, 0.1) is 11.1 Å². The highest BCUT2D eigenvalue weighted by atomic mass is 16.2. The normalized spacial score (nSPS) is 19.9. The Hall–Kier alpha value is -2.21. The molecule has 3 rings (SSSR count). The summed E-state index contributed by atoms with van der Waals surface area (Å²) in [6, 6.07) is 4.77. The summed E-state index contributed by atoms with van der Waals surface area (Å²) in [5, 5.41) is 6.27. The quantitative estimate of drug-likeness (QED) is 0.772. The van der Waals surface area contributed by atoms with Crippen LogP contribution < -0.4 is 10.6 Å². The van der Waals surface area contributed by atoms with E-state index in [0.717, 1.165) is 38.8 Å². The minimum atomic E-state index is -0.292. The molecule has 0 spiro atoms. The molecule has 0 aromatic heterocycles. The molecule has 0 bridgehead atoms. The van der Waals surface area contributed by atoms with Crippen molar-refractivity contribution in [3.8, 4) is 0 Å². The number of rotatable bonds is 6. The van der Waals surface area contributed by atoms with E-state index < -0.39 is 0 Å². The Kier molecular flexibility index (Phi) is 5.48.